The Bertz CT molecular complexity index is 487. The number of amides is 1. The Morgan fingerprint density at radius 3 is 2.60 bits per heavy atom. The molecule has 0 atom stereocenters. The number of halogens is 1. The lowest BCUT2D eigenvalue weighted by Gasteiger charge is -2.32. The third-order valence-corrected chi connectivity index (χ3v) is 4.66. The lowest BCUT2D eigenvalue weighted by atomic mass is 9.93. The van der Waals surface area contributed by atoms with Crippen LogP contribution in [-0.2, 0) is 0 Å². The fourth-order valence-corrected chi connectivity index (χ4v) is 3.30. The number of nitrogens with two attached hydrogens (primary N) is 1. The first-order valence-corrected chi connectivity index (χ1v) is 7.93. The molecule has 20 heavy (non-hydrogen) atoms. The second-order valence-electron chi connectivity index (χ2n) is 5.99. The van der Waals surface area contributed by atoms with Crippen LogP contribution in [-0.4, -0.2) is 35.0 Å². The Balaban J connectivity index is 1.67. The zero-order chi connectivity index (χ0) is 14.1. The molecule has 1 aromatic heterocycles. The van der Waals surface area contributed by atoms with Crippen LogP contribution >= 0.6 is 11.6 Å². The number of piperidine rings is 1. The molecular weight excluding hydrogens is 274 g/mol. The standard InChI is InChI=1S/C15H22ClN3O/c16-12-9-14(19(10-12)13-1-2-13)15(20)18-7-4-11(3-6-17)5-8-18/h9-11,13H,1-8,17H2. The summed E-state index contributed by atoms with van der Waals surface area (Å²) in [5.41, 5.74) is 6.37. The Morgan fingerprint density at radius 2 is 2.00 bits per heavy atom. The molecule has 2 aliphatic rings. The second kappa shape index (κ2) is 5.78. The van der Waals surface area contributed by atoms with Gasteiger partial charge in [0.2, 0.25) is 0 Å². The van der Waals surface area contributed by atoms with Gasteiger partial charge in [-0.2, -0.15) is 0 Å². The molecule has 110 valence electrons. The first kappa shape index (κ1) is 14.0. The maximum atomic E-state index is 12.7. The molecule has 0 radical (unpaired) electrons. The number of carbonyl (C=O) groups excluding carboxylic acids is 1. The van der Waals surface area contributed by atoms with Crippen molar-refractivity contribution in [2.24, 2.45) is 11.7 Å². The minimum absolute atomic E-state index is 0.134. The molecule has 4 nitrogen and oxygen atoms in total. The van der Waals surface area contributed by atoms with Crippen molar-refractivity contribution in [2.45, 2.75) is 38.1 Å². The largest absolute Gasteiger partial charge is 0.339 e. The molecule has 1 saturated heterocycles. The third kappa shape index (κ3) is 2.86. The summed E-state index contributed by atoms with van der Waals surface area (Å²) in [6, 6.07) is 2.30. The van der Waals surface area contributed by atoms with Crippen molar-refractivity contribution in [2.75, 3.05) is 19.6 Å². The molecule has 2 fully saturated rings. The Hall–Kier alpha value is -1.00. The van der Waals surface area contributed by atoms with Gasteiger partial charge in [-0.15, -0.1) is 0 Å². The van der Waals surface area contributed by atoms with Crippen molar-refractivity contribution in [1.29, 1.82) is 0 Å². The summed E-state index contributed by atoms with van der Waals surface area (Å²) >= 11 is 6.08. The van der Waals surface area contributed by atoms with Crippen LogP contribution in [0.25, 0.3) is 0 Å². The van der Waals surface area contributed by atoms with Gasteiger partial charge in [-0.3, -0.25) is 4.79 Å². The quantitative estimate of drug-likeness (QED) is 0.928. The van der Waals surface area contributed by atoms with E-state index in [0.29, 0.717) is 17.0 Å². The van der Waals surface area contributed by atoms with Gasteiger partial charge in [0.1, 0.15) is 5.69 Å². The van der Waals surface area contributed by atoms with Gasteiger partial charge in [-0.25, -0.2) is 0 Å². The zero-order valence-electron chi connectivity index (χ0n) is 11.7. The van der Waals surface area contributed by atoms with Gasteiger partial charge >= 0.3 is 0 Å². The monoisotopic (exact) mass is 295 g/mol. The minimum atomic E-state index is 0.134. The first-order valence-electron chi connectivity index (χ1n) is 7.55. The Morgan fingerprint density at radius 1 is 1.30 bits per heavy atom. The molecule has 0 spiro atoms. The van der Waals surface area contributed by atoms with Gasteiger partial charge in [0, 0.05) is 25.3 Å². The minimum Gasteiger partial charge on any atom is -0.339 e. The van der Waals surface area contributed by atoms with Crippen molar-refractivity contribution in [1.82, 2.24) is 9.47 Å². The highest BCUT2D eigenvalue weighted by atomic mass is 35.5. The van der Waals surface area contributed by atoms with Crippen LogP contribution in [0.15, 0.2) is 12.3 Å². The van der Waals surface area contributed by atoms with Crippen LogP contribution in [0.3, 0.4) is 0 Å². The molecule has 0 bridgehead atoms. The van der Waals surface area contributed by atoms with E-state index in [0.717, 1.165) is 57.4 Å². The van der Waals surface area contributed by atoms with Crippen LogP contribution < -0.4 is 5.73 Å². The first-order chi connectivity index (χ1) is 9.69. The predicted octanol–water partition coefficient (Wildman–Crippen LogP) is 2.68. The zero-order valence-corrected chi connectivity index (χ0v) is 12.5. The molecule has 1 aliphatic carbocycles. The maximum Gasteiger partial charge on any atom is 0.270 e. The number of aromatic nitrogens is 1. The van der Waals surface area contributed by atoms with E-state index in [-0.39, 0.29) is 5.91 Å². The van der Waals surface area contributed by atoms with E-state index in [4.69, 9.17) is 17.3 Å². The van der Waals surface area contributed by atoms with Crippen molar-refractivity contribution >= 4 is 17.5 Å². The summed E-state index contributed by atoms with van der Waals surface area (Å²) in [4.78, 5) is 14.6. The fourth-order valence-electron chi connectivity index (χ4n) is 3.09. The van der Waals surface area contributed by atoms with Crippen molar-refractivity contribution in [3.05, 3.63) is 23.0 Å². The van der Waals surface area contributed by atoms with Gasteiger partial charge in [-0.05, 0) is 50.6 Å². The van der Waals surface area contributed by atoms with Gasteiger partial charge in [0.15, 0.2) is 0 Å². The van der Waals surface area contributed by atoms with Gasteiger partial charge in [0.25, 0.3) is 5.91 Å². The molecule has 1 aliphatic heterocycles. The number of hydrogen-bond donors (Lipinski definition) is 1. The molecule has 2 N–H and O–H groups in total. The lowest BCUT2D eigenvalue weighted by molar-refractivity contribution is 0.0677. The Labute approximate surface area is 124 Å². The van der Waals surface area contributed by atoms with Crippen LogP contribution in [0.1, 0.15) is 48.6 Å². The van der Waals surface area contributed by atoms with E-state index in [1.165, 1.54) is 0 Å². The number of rotatable bonds is 4. The smallest absolute Gasteiger partial charge is 0.270 e. The lowest BCUT2D eigenvalue weighted by Crippen LogP contribution is -2.39. The van der Waals surface area contributed by atoms with Gasteiger partial charge < -0.3 is 15.2 Å². The van der Waals surface area contributed by atoms with E-state index in [2.05, 4.69) is 4.57 Å². The molecular formula is C15H22ClN3O. The summed E-state index contributed by atoms with van der Waals surface area (Å²) in [6.45, 7) is 2.44. The molecule has 1 saturated carbocycles. The summed E-state index contributed by atoms with van der Waals surface area (Å²) < 4.78 is 2.07. The SMILES string of the molecule is NCCC1CCN(C(=O)c2cc(Cl)cn2C2CC2)CC1. The van der Waals surface area contributed by atoms with E-state index < -0.39 is 0 Å². The number of hydrogen-bond acceptors (Lipinski definition) is 2. The number of carbonyl (C=O) groups is 1. The second-order valence-corrected chi connectivity index (χ2v) is 6.43. The number of nitrogens with zero attached hydrogens (tertiary/aromatic N) is 2. The third-order valence-electron chi connectivity index (χ3n) is 4.45. The maximum absolute atomic E-state index is 12.7. The van der Waals surface area contributed by atoms with Crippen LogP contribution in [0.4, 0.5) is 0 Å². The molecule has 1 aromatic rings. The normalized spacial score (nSPS) is 20.4. The van der Waals surface area contributed by atoms with Gasteiger partial charge in [-0.1, -0.05) is 11.6 Å². The average molecular weight is 296 g/mol. The molecule has 3 rings (SSSR count). The van der Waals surface area contributed by atoms with Crippen LogP contribution in [0, 0.1) is 5.92 Å². The molecule has 5 heteroatoms. The van der Waals surface area contributed by atoms with Crippen LogP contribution in [0.2, 0.25) is 5.02 Å². The predicted molar refractivity (Wildman–Crippen MR) is 80.0 cm³/mol. The van der Waals surface area contributed by atoms with E-state index in [1.807, 2.05) is 17.2 Å². The number of likely N-dealkylation sites (tertiary alicyclic amines) is 1. The van der Waals surface area contributed by atoms with Crippen LogP contribution in [0.5, 0.6) is 0 Å². The van der Waals surface area contributed by atoms with Crippen molar-refractivity contribution < 1.29 is 4.79 Å². The summed E-state index contributed by atoms with van der Waals surface area (Å²) in [6.07, 6.45) is 7.43. The molecule has 2 heterocycles. The fraction of sp³-hybridized carbons (Fsp3) is 0.667. The summed E-state index contributed by atoms with van der Waals surface area (Å²) in [7, 11) is 0. The highest BCUT2D eigenvalue weighted by Crippen LogP contribution is 2.38. The van der Waals surface area contributed by atoms with Crippen molar-refractivity contribution in [3.8, 4) is 0 Å². The highest BCUT2D eigenvalue weighted by Gasteiger charge is 2.30. The van der Waals surface area contributed by atoms with E-state index in [1.54, 1.807) is 0 Å². The van der Waals surface area contributed by atoms with Gasteiger partial charge in [0.05, 0.1) is 5.02 Å². The summed E-state index contributed by atoms with van der Waals surface area (Å²) in [5.74, 6) is 0.817. The molecule has 0 unspecified atom stereocenters. The highest BCUT2D eigenvalue weighted by molar-refractivity contribution is 6.31. The van der Waals surface area contributed by atoms with E-state index >= 15 is 0 Å². The topological polar surface area (TPSA) is 51.3 Å². The van der Waals surface area contributed by atoms with E-state index in [9.17, 15) is 4.79 Å². The van der Waals surface area contributed by atoms with Crippen molar-refractivity contribution in [3.63, 3.8) is 0 Å². The average Bonchev–Trinajstić information content (AvgIpc) is 3.22. The molecule has 1 amide bonds. The Kier molecular flexibility index (Phi) is 4.03. The summed E-state index contributed by atoms with van der Waals surface area (Å²) in [5, 5.41) is 0.665. The molecule has 0 aromatic carbocycles.